The van der Waals surface area contributed by atoms with Crippen LogP contribution in [0.4, 0.5) is 22.6 Å². The van der Waals surface area contributed by atoms with Crippen LogP contribution in [0.1, 0.15) is 54.2 Å². The van der Waals surface area contributed by atoms with E-state index in [1.54, 1.807) is 0 Å². The van der Waals surface area contributed by atoms with E-state index in [1.807, 2.05) is 6.92 Å². The lowest BCUT2D eigenvalue weighted by Crippen LogP contribution is -2.46. The highest BCUT2D eigenvalue weighted by Crippen LogP contribution is 2.45. The van der Waals surface area contributed by atoms with Gasteiger partial charge in [0.1, 0.15) is 11.1 Å². The summed E-state index contributed by atoms with van der Waals surface area (Å²) >= 11 is 1.35. The van der Waals surface area contributed by atoms with Crippen LogP contribution in [0, 0.1) is 23.2 Å². The van der Waals surface area contributed by atoms with Gasteiger partial charge in [-0.1, -0.05) is 12.1 Å². The van der Waals surface area contributed by atoms with E-state index in [9.17, 15) is 36.0 Å². The van der Waals surface area contributed by atoms with Crippen LogP contribution < -0.4 is 10.0 Å². The molecule has 2 saturated carbocycles. The van der Waals surface area contributed by atoms with Crippen LogP contribution in [-0.4, -0.2) is 50.2 Å². The highest BCUT2D eigenvalue weighted by molar-refractivity contribution is 7.89. The molecular weight excluding hydrogens is 568 g/mol. The maximum Gasteiger partial charge on any atom is 0.248 e. The van der Waals surface area contributed by atoms with Crippen molar-refractivity contribution in [1.82, 2.24) is 9.62 Å². The Morgan fingerprint density at radius 1 is 1.10 bits per heavy atom. The molecule has 3 aliphatic rings. The van der Waals surface area contributed by atoms with Gasteiger partial charge >= 0.3 is 0 Å². The molecule has 1 aromatic carbocycles. The van der Waals surface area contributed by atoms with Gasteiger partial charge in [0.15, 0.2) is 0 Å². The Morgan fingerprint density at radius 2 is 1.73 bits per heavy atom. The highest BCUT2D eigenvalue weighted by atomic mass is 32.2. The lowest BCUT2D eigenvalue weighted by molar-refractivity contribution is -0.119. The van der Waals surface area contributed by atoms with E-state index < -0.39 is 27.8 Å². The molecule has 1 amide bonds. The van der Waals surface area contributed by atoms with E-state index in [4.69, 9.17) is 0 Å². The first-order valence-corrected chi connectivity index (χ1v) is 15.5. The van der Waals surface area contributed by atoms with Gasteiger partial charge in [-0.05, 0) is 42.9 Å². The number of amides is 1. The predicted octanol–water partition coefficient (Wildman–Crippen LogP) is 4.92. The molecule has 0 bridgehead atoms. The third kappa shape index (κ3) is 6.35. The highest BCUT2D eigenvalue weighted by Gasteiger charge is 2.46. The van der Waals surface area contributed by atoms with E-state index in [0.717, 1.165) is 10.4 Å². The van der Waals surface area contributed by atoms with Crippen LogP contribution in [-0.2, 0) is 34.2 Å². The number of carbonyl (C=O) groups is 1. The van der Waals surface area contributed by atoms with E-state index in [1.165, 1.54) is 35.6 Å². The Morgan fingerprint density at radius 3 is 2.33 bits per heavy atom. The van der Waals surface area contributed by atoms with Gasteiger partial charge < -0.3 is 5.32 Å². The van der Waals surface area contributed by atoms with Crippen molar-refractivity contribution in [2.75, 3.05) is 18.4 Å². The molecule has 13 heteroatoms. The van der Waals surface area contributed by atoms with Crippen LogP contribution in [0.5, 0.6) is 0 Å². The van der Waals surface area contributed by atoms with Gasteiger partial charge in [0.25, 0.3) is 0 Å². The smallest absolute Gasteiger partial charge is 0.248 e. The van der Waals surface area contributed by atoms with E-state index in [-0.39, 0.29) is 61.4 Å². The molecule has 1 aromatic heterocycles. The van der Waals surface area contributed by atoms with Gasteiger partial charge in [0.2, 0.25) is 27.8 Å². The molecule has 5 rings (SSSR count). The average Bonchev–Trinajstić information content (AvgIpc) is 3.16. The zero-order valence-corrected chi connectivity index (χ0v) is 23.5. The van der Waals surface area contributed by atoms with Crippen molar-refractivity contribution >= 4 is 32.3 Å². The third-order valence-electron chi connectivity index (χ3n) is 7.92. The van der Waals surface area contributed by atoms with Gasteiger partial charge in [0.05, 0.1) is 16.9 Å². The summed E-state index contributed by atoms with van der Waals surface area (Å²) in [6, 6.07) is 8.07. The fraction of sp³-hybridized carbons (Fsp3) is 0.556. The summed E-state index contributed by atoms with van der Waals surface area (Å²) in [5.74, 6) is -6.11. The van der Waals surface area contributed by atoms with Crippen LogP contribution in [0.3, 0.4) is 0 Å². The Bertz CT molecular complexity index is 1420. The van der Waals surface area contributed by atoms with E-state index in [0.29, 0.717) is 35.6 Å². The maximum atomic E-state index is 13.3. The predicted molar refractivity (Wildman–Crippen MR) is 142 cm³/mol. The molecule has 1 atom stereocenters. The summed E-state index contributed by atoms with van der Waals surface area (Å²) in [6.45, 7) is 3.01. The number of nitriles is 1. The third-order valence-corrected chi connectivity index (χ3v) is 10.5. The number of alkyl halides is 4. The summed E-state index contributed by atoms with van der Waals surface area (Å²) in [7, 11) is -3.87. The second kappa shape index (κ2) is 10.7. The number of nitrogens with one attached hydrogen (secondary N) is 2. The van der Waals surface area contributed by atoms with Crippen LogP contribution in [0.25, 0.3) is 0 Å². The van der Waals surface area contributed by atoms with Crippen molar-refractivity contribution in [2.45, 2.75) is 74.8 Å². The molecule has 1 unspecified atom stereocenters. The number of rotatable bonds is 9. The van der Waals surface area contributed by atoms with Crippen molar-refractivity contribution in [3.63, 3.8) is 0 Å². The van der Waals surface area contributed by atoms with Gasteiger partial charge in [-0.2, -0.15) is 5.26 Å². The number of benzene rings is 1. The number of halogens is 4. The maximum absolute atomic E-state index is 13.3. The summed E-state index contributed by atoms with van der Waals surface area (Å²) in [5, 5.41) is 13.1. The fourth-order valence-corrected chi connectivity index (χ4v) is 8.09. The summed E-state index contributed by atoms with van der Waals surface area (Å²) < 4.78 is 79.9. The second-order valence-corrected chi connectivity index (χ2v) is 14.2. The first kappa shape index (κ1) is 29.0. The van der Waals surface area contributed by atoms with Crippen molar-refractivity contribution in [3.8, 4) is 6.07 Å². The quantitative estimate of drug-likeness (QED) is 0.399. The Labute approximate surface area is 234 Å². The minimum Gasteiger partial charge on any atom is -0.316 e. The first-order chi connectivity index (χ1) is 18.7. The summed E-state index contributed by atoms with van der Waals surface area (Å²) in [4.78, 5) is 15.9. The first-order valence-electron chi connectivity index (χ1n) is 13.2. The number of hydrogen-bond donors (Lipinski definition) is 2. The number of nitrogens with zero attached hydrogens (tertiary/aromatic N) is 2. The molecule has 2 N–H and O–H groups in total. The zero-order chi connectivity index (χ0) is 28.9. The van der Waals surface area contributed by atoms with Gasteiger partial charge in [-0.3, -0.25) is 9.69 Å². The molecule has 0 spiro atoms. The Balaban J connectivity index is 1.18. The monoisotopic (exact) mass is 598 g/mol. The average molecular weight is 599 g/mol. The van der Waals surface area contributed by atoms with Gasteiger partial charge in [-0.15, -0.1) is 11.3 Å². The Hall–Kier alpha value is -2.53. The molecule has 40 heavy (non-hydrogen) atoms. The largest absolute Gasteiger partial charge is 0.316 e. The van der Waals surface area contributed by atoms with Crippen molar-refractivity contribution in [1.29, 1.82) is 5.26 Å². The molecule has 0 radical (unpaired) electrons. The second-order valence-electron chi connectivity index (χ2n) is 11.3. The normalized spacial score (nSPS) is 22.6. The van der Waals surface area contributed by atoms with E-state index >= 15 is 0 Å². The minimum absolute atomic E-state index is 0.0234. The van der Waals surface area contributed by atoms with Crippen molar-refractivity contribution in [3.05, 3.63) is 45.8 Å². The number of anilines is 1. The van der Waals surface area contributed by atoms with Crippen molar-refractivity contribution in [2.24, 2.45) is 11.8 Å². The number of carbonyl (C=O) groups excluding carboxylic acids is 1. The number of hydrogen-bond acceptors (Lipinski definition) is 6. The van der Waals surface area contributed by atoms with Crippen molar-refractivity contribution < 1.29 is 30.8 Å². The molecule has 2 fully saturated rings. The van der Waals surface area contributed by atoms with Gasteiger partial charge in [0, 0.05) is 61.8 Å². The standard InChI is InChI=1S/C27H30F4N4O3S2/c1-16-6-23-22(15-35(16)14-19-10-27(30,31)11-19)21(12-32)25(39-23)34-24(36)7-17-2-4-20(5-3-17)40(37,38)33-13-18-8-26(28,29)9-18/h2-5,16,18-19,33H,6-11,13-15H2,1H3,(H,34,36). The van der Waals surface area contributed by atoms with Crippen LogP contribution in [0.2, 0.25) is 0 Å². The fourth-order valence-electron chi connectivity index (χ4n) is 5.68. The molecule has 2 aliphatic carbocycles. The molecule has 2 aromatic rings. The Kier molecular flexibility index (Phi) is 7.76. The van der Waals surface area contributed by atoms with Crippen LogP contribution in [0.15, 0.2) is 29.2 Å². The number of sulfonamides is 1. The molecule has 216 valence electrons. The van der Waals surface area contributed by atoms with Gasteiger partial charge in [-0.25, -0.2) is 30.7 Å². The SMILES string of the molecule is CC1Cc2sc(NC(=O)Cc3ccc(S(=O)(=O)NCC4CC(F)(F)C4)cc3)c(C#N)c2CN1CC1CC(F)(F)C1. The minimum atomic E-state index is -3.87. The lowest BCUT2D eigenvalue weighted by Gasteiger charge is -2.41. The molecular formula is C27H30F4N4O3S2. The topological polar surface area (TPSA) is 102 Å². The summed E-state index contributed by atoms with van der Waals surface area (Å²) in [6.07, 6.45) is -0.250. The number of thiophene rings is 1. The molecule has 0 saturated heterocycles. The molecule has 7 nitrogen and oxygen atoms in total. The lowest BCUT2D eigenvalue weighted by atomic mass is 9.80. The van der Waals surface area contributed by atoms with E-state index in [2.05, 4.69) is 21.0 Å². The van der Waals surface area contributed by atoms with Crippen LogP contribution >= 0.6 is 11.3 Å². The number of fused-ring (bicyclic) bond motifs is 1. The molecule has 2 heterocycles. The zero-order valence-electron chi connectivity index (χ0n) is 21.9. The molecule has 1 aliphatic heterocycles. The summed E-state index contributed by atoms with van der Waals surface area (Å²) in [5.41, 5.74) is 1.78.